The van der Waals surface area contributed by atoms with Crippen LogP contribution in [0.25, 0.3) is 11.2 Å². The lowest BCUT2D eigenvalue weighted by Gasteiger charge is -2.31. The van der Waals surface area contributed by atoms with Crippen molar-refractivity contribution in [2.24, 2.45) is 0 Å². The number of hydrogen-bond donors (Lipinski definition) is 1. The van der Waals surface area contributed by atoms with Gasteiger partial charge in [-0.2, -0.15) is 4.31 Å². The van der Waals surface area contributed by atoms with Crippen molar-refractivity contribution >= 4 is 21.2 Å². The zero-order valence-corrected chi connectivity index (χ0v) is 18.4. The van der Waals surface area contributed by atoms with Gasteiger partial charge >= 0.3 is 0 Å². The van der Waals surface area contributed by atoms with Crippen molar-refractivity contribution < 1.29 is 12.8 Å². The van der Waals surface area contributed by atoms with E-state index in [4.69, 9.17) is 0 Å². The van der Waals surface area contributed by atoms with E-state index < -0.39 is 21.4 Å². The number of aromatic amines is 1. The average Bonchev–Trinajstić information content (AvgIpc) is 3.23. The van der Waals surface area contributed by atoms with E-state index in [0.717, 1.165) is 11.6 Å². The number of nitrogens with one attached hydrogen (secondary N) is 1. The van der Waals surface area contributed by atoms with Crippen LogP contribution in [0.3, 0.4) is 0 Å². The summed E-state index contributed by atoms with van der Waals surface area (Å²) in [6.07, 6.45) is 1.24. The van der Waals surface area contributed by atoms with E-state index in [1.807, 2.05) is 30.3 Å². The molecule has 3 heterocycles. The number of halogens is 1. The monoisotopic (exact) mass is 468 g/mol. The van der Waals surface area contributed by atoms with Crippen LogP contribution in [0.4, 0.5) is 4.39 Å². The summed E-state index contributed by atoms with van der Waals surface area (Å²) in [6, 6.07) is 14.6. The molecule has 1 N–H and O–H groups in total. The minimum absolute atomic E-state index is 0.0924. The molecule has 4 aromatic rings. The Morgan fingerprint density at radius 3 is 2.73 bits per heavy atom. The molecular weight excluding hydrogens is 447 g/mol. The third-order valence-corrected chi connectivity index (χ3v) is 7.63. The van der Waals surface area contributed by atoms with Crippen LogP contribution in [-0.4, -0.2) is 50.8 Å². The third kappa shape index (κ3) is 4.16. The van der Waals surface area contributed by atoms with Crippen molar-refractivity contribution in [1.82, 2.24) is 29.3 Å². The Labute approximate surface area is 188 Å². The molecule has 0 bridgehead atoms. The van der Waals surface area contributed by atoms with E-state index in [0.29, 0.717) is 37.4 Å². The smallest absolute Gasteiger partial charge is 0.281 e. The lowest BCUT2D eigenvalue weighted by Crippen LogP contribution is -2.39. The van der Waals surface area contributed by atoms with Crippen molar-refractivity contribution in [3.05, 3.63) is 82.2 Å². The molecule has 0 saturated carbocycles. The zero-order chi connectivity index (χ0) is 23.0. The summed E-state index contributed by atoms with van der Waals surface area (Å²) >= 11 is 0. The Balaban J connectivity index is 1.46. The van der Waals surface area contributed by atoms with E-state index >= 15 is 0 Å². The Morgan fingerprint density at radius 1 is 1.12 bits per heavy atom. The molecule has 9 nitrogen and oxygen atoms in total. The van der Waals surface area contributed by atoms with Gasteiger partial charge in [0.25, 0.3) is 5.56 Å². The third-order valence-electron chi connectivity index (χ3n) is 5.77. The van der Waals surface area contributed by atoms with Crippen LogP contribution in [0.1, 0.15) is 30.1 Å². The van der Waals surface area contributed by atoms with Gasteiger partial charge in [0, 0.05) is 19.0 Å². The van der Waals surface area contributed by atoms with E-state index in [1.54, 1.807) is 4.68 Å². The Kier molecular flexibility index (Phi) is 5.51. The van der Waals surface area contributed by atoms with Crippen LogP contribution < -0.4 is 5.56 Å². The highest BCUT2D eigenvalue weighted by molar-refractivity contribution is 7.89. The molecule has 2 aromatic heterocycles. The first-order valence-corrected chi connectivity index (χ1v) is 12.0. The lowest BCUT2D eigenvalue weighted by molar-refractivity contribution is 0.309. The summed E-state index contributed by atoms with van der Waals surface area (Å²) in [4.78, 5) is 19.9. The molecule has 0 radical (unpaired) electrons. The number of rotatable bonds is 5. The number of sulfonamides is 1. The molecule has 1 aliphatic rings. The number of fused-ring (bicyclic) bond motifs is 1. The second-order valence-corrected chi connectivity index (χ2v) is 9.95. The van der Waals surface area contributed by atoms with Crippen molar-refractivity contribution in [3.8, 4) is 0 Å². The number of H-pyrrole nitrogens is 1. The van der Waals surface area contributed by atoms with E-state index in [9.17, 15) is 17.6 Å². The number of benzene rings is 2. The molecule has 0 aliphatic carbocycles. The van der Waals surface area contributed by atoms with Gasteiger partial charge in [0.2, 0.25) is 10.0 Å². The molecule has 170 valence electrons. The minimum atomic E-state index is -3.87. The fraction of sp³-hybridized carbons (Fsp3) is 0.273. The first kappa shape index (κ1) is 21.4. The van der Waals surface area contributed by atoms with Crippen molar-refractivity contribution in [2.75, 3.05) is 13.1 Å². The first-order valence-electron chi connectivity index (χ1n) is 10.5. The number of nitrogens with zero attached hydrogens (tertiary/aromatic N) is 5. The standard InChI is InChI=1S/C22H21FN6O3S/c23-17-9-4-10-18(12-17)33(31,32)28-11-5-8-16(14-28)20-24-21-19(22(30)25-20)26-27-29(21)13-15-6-2-1-3-7-15/h1-4,6-7,9-10,12,16H,5,8,11,13-14H2,(H,24,25,30)/t16-/m1/s1. The van der Waals surface area contributed by atoms with Gasteiger partial charge in [0.05, 0.1) is 11.4 Å². The van der Waals surface area contributed by atoms with Crippen LogP contribution in [0.2, 0.25) is 0 Å². The SMILES string of the molecule is O=c1[nH]c([C@@H]2CCCN(S(=O)(=O)c3cccc(F)c3)C2)nc2c1nnn2Cc1ccccc1. The number of aromatic nitrogens is 5. The van der Waals surface area contributed by atoms with Crippen molar-refractivity contribution in [2.45, 2.75) is 30.2 Å². The van der Waals surface area contributed by atoms with Gasteiger partial charge in [-0.3, -0.25) is 4.79 Å². The molecule has 0 spiro atoms. The molecule has 2 aromatic carbocycles. The Bertz CT molecular complexity index is 1470. The fourth-order valence-electron chi connectivity index (χ4n) is 4.10. The van der Waals surface area contributed by atoms with Gasteiger partial charge in [0.15, 0.2) is 11.2 Å². The predicted molar refractivity (Wildman–Crippen MR) is 119 cm³/mol. The molecule has 1 saturated heterocycles. The molecule has 11 heteroatoms. The number of hydrogen-bond acceptors (Lipinski definition) is 6. The summed E-state index contributed by atoms with van der Waals surface area (Å²) in [7, 11) is -3.87. The fourth-order valence-corrected chi connectivity index (χ4v) is 5.66. The van der Waals surface area contributed by atoms with Crippen LogP contribution in [0.5, 0.6) is 0 Å². The topological polar surface area (TPSA) is 114 Å². The maximum absolute atomic E-state index is 13.6. The van der Waals surface area contributed by atoms with Gasteiger partial charge in [-0.05, 0) is 36.6 Å². The molecule has 33 heavy (non-hydrogen) atoms. The van der Waals surface area contributed by atoms with Gasteiger partial charge in [-0.15, -0.1) is 5.10 Å². The zero-order valence-electron chi connectivity index (χ0n) is 17.6. The quantitative estimate of drug-likeness (QED) is 0.481. The van der Waals surface area contributed by atoms with Gasteiger partial charge in [0.1, 0.15) is 11.6 Å². The van der Waals surface area contributed by atoms with Crippen LogP contribution in [-0.2, 0) is 16.6 Å². The van der Waals surface area contributed by atoms with Crippen LogP contribution in [0.15, 0.2) is 64.3 Å². The summed E-state index contributed by atoms with van der Waals surface area (Å²) < 4.78 is 42.6. The van der Waals surface area contributed by atoms with Crippen molar-refractivity contribution in [3.63, 3.8) is 0 Å². The maximum Gasteiger partial charge on any atom is 0.281 e. The van der Waals surface area contributed by atoms with E-state index in [1.165, 1.54) is 22.5 Å². The molecule has 1 atom stereocenters. The average molecular weight is 469 g/mol. The molecule has 5 rings (SSSR count). The molecule has 0 amide bonds. The first-order chi connectivity index (χ1) is 15.9. The Hall–Kier alpha value is -3.44. The summed E-state index contributed by atoms with van der Waals surface area (Å²) in [5.74, 6) is -0.539. The molecule has 1 aliphatic heterocycles. The largest absolute Gasteiger partial charge is 0.308 e. The molecule has 1 fully saturated rings. The van der Waals surface area contributed by atoms with Gasteiger partial charge in [-0.1, -0.05) is 41.6 Å². The maximum atomic E-state index is 13.6. The predicted octanol–water partition coefficient (Wildman–Crippen LogP) is 2.27. The van der Waals surface area contributed by atoms with Gasteiger partial charge in [-0.25, -0.2) is 22.5 Å². The molecular formula is C22H21FN6O3S. The minimum Gasteiger partial charge on any atom is -0.308 e. The second-order valence-electron chi connectivity index (χ2n) is 8.02. The highest BCUT2D eigenvalue weighted by Crippen LogP contribution is 2.29. The van der Waals surface area contributed by atoms with Crippen LogP contribution in [0, 0.1) is 5.82 Å². The summed E-state index contributed by atoms with van der Waals surface area (Å²) in [5.41, 5.74) is 1.05. The number of piperidine rings is 1. The van der Waals surface area contributed by atoms with E-state index in [-0.39, 0.29) is 22.9 Å². The Morgan fingerprint density at radius 2 is 1.94 bits per heavy atom. The second kappa shape index (κ2) is 8.49. The van der Waals surface area contributed by atoms with Crippen molar-refractivity contribution in [1.29, 1.82) is 0 Å². The highest BCUT2D eigenvalue weighted by atomic mass is 32.2. The highest BCUT2D eigenvalue weighted by Gasteiger charge is 2.32. The summed E-state index contributed by atoms with van der Waals surface area (Å²) in [6.45, 7) is 0.848. The summed E-state index contributed by atoms with van der Waals surface area (Å²) in [5, 5.41) is 8.05. The normalized spacial score (nSPS) is 17.4. The van der Waals surface area contributed by atoms with E-state index in [2.05, 4.69) is 20.3 Å². The lowest BCUT2D eigenvalue weighted by atomic mass is 9.99. The van der Waals surface area contributed by atoms with Crippen LogP contribution >= 0.6 is 0 Å². The molecule has 0 unspecified atom stereocenters. The van der Waals surface area contributed by atoms with Gasteiger partial charge < -0.3 is 4.98 Å².